The minimum atomic E-state index is -0.115. The van der Waals surface area contributed by atoms with Gasteiger partial charge in [0.05, 0.1) is 6.04 Å². The van der Waals surface area contributed by atoms with Crippen LogP contribution < -0.4 is 16.2 Å². The summed E-state index contributed by atoms with van der Waals surface area (Å²) in [5.74, 6) is 5.19. The molecular weight excluding hydrogens is 264 g/mol. The number of nitrogens with one attached hydrogen (secondary N) is 1. The van der Waals surface area contributed by atoms with Gasteiger partial charge in [-0.3, -0.25) is 15.1 Å². The van der Waals surface area contributed by atoms with Crippen molar-refractivity contribution in [3.05, 3.63) is 29.3 Å². The second kappa shape index (κ2) is 6.91. The SMILES string of the molecule is CCC(C(=O)NN)N1CCN(c2cccc(C)c2C)CC1. The second-order valence-electron chi connectivity index (χ2n) is 5.67. The molecule has 0 radical (unpaired) electrons. The van der Waals surface area contributed by atoms with Gasteiger partial charge in [0.25, 0.3) is 5.91 Å². The summed E-state index contributed by atoms with van der Waals surface area (Å²) in [4.78, 5) is 16.4. The number of carbonyl (C=O) groups excluding carboxylic acids is 1. The number of piperazine rings is 1. The first-order valence-corrected chi connectivity index (χ1v) is 7.64. The van der Waals surface area contributed by atoms with Crippen molar-refractivity contribution in [2.75, 3.05) is 31.1 Å². The Bertz CT molecular complexity index is 495. The topological polar surface area (TPSA) is 61.6 Å². The highest BCUT2D eigenvalue weighted by Crippen LogP contribution is 2.24. The lowest BCUT2D eigenvalue weighted by molar-refractivity contribution is -0.126. The Morgan fingerprint density at radius 2 is 1.95 bits per heavy atom. The number of hydrazine groups is 1. The summed E-state index contributed by atoms with van der Waals surface area (Å²) in [6.07, 6.45) is 0.784. The predicted octanol–water partition coefficient (Wildman–Crippen LogP) is 1.19. The molecule has 0 aliphatic carbocycles. The van der Waals surface area contributed by atoms with Crippen LogP contribution in [0.1, 0.15) is 24.5 Å². The molecule has 0 saturated carbocycles. The van der Waals surface area contributed by atoms with E-state index in [4.69, 9.17) is 5.84 Å². The number of hydrogen-bond donors (Lipinski definition) is 2. The Hall–Kier alpha value is -1.59. The third-order valence-electron chi connectivity index (χ3n) is 4.50. The van der Waals surface area contributed by atoms with Crippen molar-refractivity contribution in [2.24, 2.45) is 5.84 Å². The predicted molar refractivity (Wildman–Crippen MR) is 86.1 cm³/mol. The number of rotatable bonds is 4. The summed E-state index contributed by atoms with van der Waals surface area (Å²) < 4.78 is 0. The summed E-state index contributed by atoms with van der Waals surface area (Å²) in [5, 5.41) is 0. The highest BCUT2D eigenvalue weighted by Gasteiger charge is 2.27. The number of amides is 1. The lowest BCUT2D eigenvalue weighted by Crippen LogP contribution is -2.55. The van der Waals surface area contributed by atoms with Gasteiger partial charge in [0.1, 0.15) is 0 Å². The van der Waals surface area contributed by atoms with Crippen LogP contribution in [0.15, 0.2) is 18.2 Å². The van der Waals surface area contributed by atoms with E-state index in [-0.39, 0.29) is 11.9 Å². The molecule has 1 atom stereocenters. The largest absolute Gasteiger partial charge is 0.369 e. The lowest BCUT2D eigenvalue weighted by atomic mass is 10.1. The average molecular weight is 290 g/mol. The smallest absolute Gasteiger partial charge is 0.251 e. The molecule has 1 aromatic rings. The number of carbonyl (C=O) groups is 1. The third kappa shape index (κ3) is 3.36. The Morgan fingerprint density at radius 3 is 2.52 bits per heavy atom. The fourth-order valence-electron chi connectivity index (χ4n) is 3.06. The van der Waals surface area contributed by atoms with Gasteiger partial charge in [-0.1, -0.05) is 19.1 Å². The normalized spacial score (nSPS) is 17.6. The average Bonchev–Trinajstić information content (AvgIpc) is 2.51. The van der Waals surface area contributed by atoms with E-state index in [9.17, 15) is 4.79 Å². The number of hydrogen-bond acceptors (Lipinski definition) is 4. The lowest BCUT2D eigenvalue weighted by Gasteiger charge is -2.39. The van der Waals surface area contributed by atoms with Crippen molar-refractivity contribution in [2.45, 2.75) is 33.2 Å². The molecule has 116 valence electrons. The monoisotopic (exact) mass is 290 g/mol. The molecule has 0 aromatic heterocycles. The van der Waals surface area contributed by atoms with E-state index in [2.05, 4.69) is 47.3 Å². The van der Waals surface area contributed by atoms with Crippen LogP contribution in [0.2, 0.25) is 0 Å². The van der Waals surface area contributed by atoms with Crippen LogP contribution in [-0.4, -0.2) is 43.0 Å². The summed E-state index contributed by atoms with van der Waals surface area (Å²) >= 11 is 0. The van der Waals surface area contributed by atoms with Crippen LogP contribution in [0.5, 0.6) is 0 Å². The van der Waals surface area contributed by atoms with Crippen molar-refractivity contribution < 1.29 is 4.79 Å². The number of nitrogens with two attached hydrogens (primary N) is 1. The zero-order valence-electron chi connectivity index (χ0n) is 13.2. The maximum absolute atomic E-state index is 11.8. The number of nitrogens with zero attached hydrogens (tertiary/aromatic N) is 2. The first-order chi connectivity index (χ1) is 10.1. The first-order valence-electron chi connectivity index (χ1n) is 7.64. The summed E-state index contributed by atoms with van der Waals surface area (Å²) in [6.45, 7) is 10.0. The molecule has 5 nitrogen and oxygen atoms in total. The van der Waals surface area contributed by atoms with Gasteiger partial charge in [-0.2, -0.15) is 0 Å². The van der Waals surface area contributed by atoms with Gasteiger partial charge in [-0.15, -0.1) is 0 Å². The highest BCUT2D eigenvalue weighted by molar-refractivity contribution is 5.81. The molecule has 0 spiro atoms. The van der Waals surface area contributed by atoms with Crippen molar-refractivity contribution in [1.29, 1.82) is 0 Å². The molecule has 1 fully saturated rings. The van der Waals surface area contributed by atoms with Gasteiger partial charge < -0.3 is 4.90 Å². The Balaban J connectivity index is 2.03. The molecule has 5 heteroatoms. The molecule has 1 heterocycles. The van der Waals surface area contributed by atoms with Gasteiger partial charge in [0.15, 0.2) is 0 Å². The van der Waals surface area contributed by atoms with Gasteiger partial charge in [-0.25, -0.2) is 5.84 Å². The number of anilines is 1. The zero-order chi connectivity index (χ0) is 15.4. The molecule has 1 unspecified atom stereocenters. The van der Waals surface area contributed by atoms with Crippen molar-refractivity contribution in [3.63, 3.8) is 0 Å². The van der Waals surface area contributed by atoms with Crippen LogP contribution in [0, 0.1) is 13.8 Å². The van der Waals surface area contributed by atoms with Gasteiger partial charge in [0.2, 0.25) is 0 Å². The summed E-state index contributed by atoms with van der Waals surface area (Å²) in [7, 11) is 0. The maximum atomic E-state index is 11.8. The van der Waals surface area contributed by atoms with Gasteiger partial charge in [-0.05, 0) is 37.5 Å². The zero-order valence-corrected chi connectivity index (χ0v) is 13.2. The fourth-order valence-corrected chi connectivity index (χ4v) is 3.06. The van der Waals surface area contributed by atoms with Crippen molar-refractivity contribution in [3.8, 4) is 0 Å². The fraction of sp³-hybridized carbons (Fsp3) is 0.562. The van der Waals surface area contributed by atoms with Crippen molar-refractivity contribution in [1.82, 2.24) is 10.3 Å². The van der Waals surface area contributed by atoms with Crippen molar-refractivity contribution >= 4 is 11.6 Å². The molecule has 2 rings (SSSR count). The summed E-state index contributed by atoms with van der Waals surface area (Å²) in [6, 6.07) is 6.33. The molecular formula is C16H26N4O. The molecule has 3 N–H and O–H groups in total. The van der Waals surface area contributed by atoms with E-state index in [1.54, 1.807) is 0 Å². The Morgan fingerprint density at radius 1 is 1.29 bits per heavy atom. The number of aryl methyl sites for hydroxylation is 1. The van der Waals surface area contributed by atoms with Crippen LogP contribution in [-0.2, 0) is 4.79 Å². The number of benzene rings is 1. The molecule has 1 aromatic carbocycles. The van der Waals surface area contributed by atoms with Crippen LogP contribution in [0.25, 0.3) is 0 Å². The van der Waals surface area contributed by atoms with E-state index in [0.29, 0.717) is 0 Å². The quantitative estimate of drug-likeness (QED) is 0.497. The van der Waals surface area contributed by atoms with Crippen LogP contribution >= 0.6 is 0 Å². The second-order valence-corrected chi connectivity index (χ2v) is 5.67. The molecule has 1 saturated heterocycles. The molecule has 0 bridgehead atoms. The van der Waals surface area contributed by atoms with E-state index in [1.807, 2.05) is 6.92 Å². The highest BCUT2D eigenvalue weighted by atomic mass is 16.2. The van der Waals surface area contributed by atoms with Gasteiger partial charge >= 0.3 is 0 Å². The Kier molecular flexibility index (Phi) is 5.20. The molecule has 1 aliphatic heterocycles. The standard InChI is InChI=1S/C16H26N4O/c1-4-14(16(21)18-17)19-8-10-20(11-9-19)15-7-5-6-12(2)13(15)3/h5-7,14H,4,8-11,17H2,1-3H3,(H,18,21). The molecule has 1 aliphatic rings. The minimum absolute atomic E-state index is 0.0855. The van der Waals surface area contributed by atoms with E-state index in [1.165, 1.54) is 16.8 Å². The first kappa shape index (κ1) is 15.8. The minimum Gasteiger partial charge on any atom is -0.369 e. The molecule has 1 amide bonds. The van der Waals surface area contributed by atoms with E-state index < -0.39 is 0 Å². The van der Waals surface area contributed by atoms with E-state index in [0.717, 1.165) is 32.6 Å². The molecule has 21 heavy (non-hydrogen) atoms. The summed E-state index contributed by atoms with van der Waals surface area (Å²) in [5.41, 5.74) is 6.26. The van der Waals surface area contributed by atoms with Crippen LogP contribution in [0.4, 0.5) is 5.69 Å². The third-order valence-corrected chi connectivity index (χ3v) is 4.50. The van der Waals surface area contributed by atoms with E-state index >= 15 is 0 Å². The maximum Gasteiger partial charge on any atom is 0.251 e. The Labute approximate surface area is 127 Å². The van der Waals surface area contributed by atoms with Crippen LogP contribution in [0.3, 0.4) is 0 Å². The van der Waals surface area contributed by atoms with Gasteiger partial charge in [0, 0.05) is 31.9 Å².